The maximum atomic E-state index is 12.3. The van der Waals surface area contributed by atoms with Gasteiger partial charge in [-0.2, -0.15) is 0 Å². The number of nitrogens with one attached hydrogen (secondary N) is 1. The number of carbonyl (C=O) groups is 2. The van der Waals surface area contributed by atoms with Gasteiger partial charge in [-0.3, -0.25) is 4.79 Å². The minimum atomic E-state index is -1.04. The van der Waals surface area contributed by atoms with Crippen molar-refractivity contribution in [1.29, 1.82) is 0 Å². The summed E-state index contributed by atoms with van der Waals surface area (Å²) < 4.78 is 5.11. The highest BCUT2D eigenvalue weighted by Gasteiger charge is 2.26. The van der Waals surface area contributed by atoms with Gasteiger partial charge in [-0.15, -0.1) is 11.3 Å². The van der Waals surface area contributed by atoms with Crippen LogP contribution in [0.3, 0.4) is 0 Å². The fraction of sp³-hybridized carbons (Fsp3) is 0.353. The summed E-state index contributed by atoms with van der Waals surface area (Å²) in [6.07, 6.45) is 0.658. The van der Waals surface area contributed by atoms with E-state index in [9.17, 15) is 14.7 Å². The molecular formula is C17H20N2O4S. The Bertz CT molecular complexity index is 712. The number of rotatable bonds is 7. The second kappa shape index (κ2) is 7.92. The smallest absolute Gasteiger partial charge is 0.326 e. The largest absolute Gasteiger partial charge is 0.497 e. The number of benzene rings is 1. The van der Waals surface area contributed by atoms with Gasteiger partial charge in [0.1, 0.15) is 22.5 Å². The van der Waals surface area contributed by atoms with Gasteiger partial charge >= 0.3 is 5.97 Å². The molecule has 7 heteroatoms. The number of hydrogen-bond donors (Lipinski definition) is 2. The van der Waals surface area contributed by atoms with E-state index in [0.717, 1.165) is 11.3 Å². The molecule has 1 aromatic carbocycles. The Morgan fingerprint density at radius 1 is 1.33 bits per heavy atom. The lowest BCUT2D eigenvalue weighted by Crippen LogP contribution is -2.45. The summed E-state index contributed by atoms with van der Waals surface area (Å²) >= 11 is 1.33. The number of amides is 1. The number of ether oxygens (including phenoxy) is 1. The van der Waals surface area contributed by atoms with E-state index in [4.69, 9.17) is 4.74 Å². The molecule has 2 rings (SSSR count). The van der Waals surface area contributed by atoms with Crippen molar-refractivity contribution in [3.05, 3.63) is 35.3 Å². The number of nitrogens with zero attached hydrogens (tertiary/aromatic N) is 1. The molecule has 0 saturated carbocycles. The average molecular weight is 348 g/mol. The van der Waals surface area contributed by atoms with E-state index in [2.05, 4.69) is 10.3 Å². The maximum Gasteiger partial charge on any atom is 0.326 e. The van der Waals surface area contributed by atoms with Crippen LogP contribution in [0.1, 0.15) is 30.8 Å². The number of hydrogen-bond acceptors (Lipinski definition) is 5. The average Bonchev–Trinajstić information content (AvgIpc) is 3.08. The molecule has 24 heavy (non-hydrogen) atoms. The molecule has 1 amide bonds. The number of aromatic nitrogens is 1. The predicted octanol–water partition coefficient (Wildman–Crippen LogP) is 3.05. The molecule has 0 fully saturated rings. The molecule has 0 bridgehead atoms. The van der Waals surface area contributed by atoms with E-state index in [1.807, 2.05) is 31.2 Å². The normalized spacial score (nSPS) is 13.1. The quantitative estimate of drug-likeness (QED) is 0.803. The van der Waals surface area contributed by atoms with Crippen molar-refractivity contribution in [2.75, 3.05) is 7.11 Å². The van der Waals surface area contributed by atoms with Crippen molar-refractivity contribution in [3.63, 3.8) is 0 Å². The monoisotopic (exact) mass is 348 g/mol. The number of carboxylic acid groups (broad SMARTS) is 1. The molecule has 128 valence electrons. The minimum Gasteiger partial charge on any atom is -0.497 e. The van der Waals surface area contributed by atoms with Crippen LogP contribution in [-0.4, -0.2) is 35.1 Å². The van der Waals surface area contributed by atoms with Crippen molar-refractivity contribution in [2.45, 2.75) is 26.3 Å². The van der Waals surface area contributed by atoms with Gasteiger partial charge in [-0.05, 0) is 30.2 Å². The summed E-state index contributed by atoms with van der Waals surface area (Å²) in [6.45, 7) is 3.68. The van der Waals surface area contributed by atoms with E-state index < -0.39 is 17.9 Å². The summed E-state index contributed by atoms with van der Waals surface area (Å²) in [4.78, 5) is 27.9. The highest BCUT2D eigenvalue weighted by Crippen LogP contribution is 2.25. The van der Waals surface area contributed by atoms with Crippen LogP contribution in [0.25, 0.3) is 10.6 Å². The van der Waals surface area contributed by atoms with Crippen molar-refractivity contribution >= 4 is 23.2 Å². The summed E-state index contributed by atoms with van der Waals surface area (Å²) in [6, 6.07) is 6.44. The number of carbonyl (C=O) groups excluding carboxylic acids is 1. The van der Waals surface area contributed by atoms with E-state index in [1.165, 1.54) is 11.3 Å². The lowest BCUT2D eigenvalue weighted by atomic mass is 9.99. The molecule has 2 atom stereocenters. The number of methoxy groups -OCH3 is 1. The first kappa shape index (κ1) is 17.9. The van der Waals surface area contributed by atoms with E-state index in [0.29, 0.717) is 11.4 Å². The minimum absolute atomic E-state index is 0.161. The van der Waals surface area contributed by atoms with Crippen LogP contribution in [0.2, 0.25) is 0 Å². The zero-order valence-electron chi connectivity index (χ0n) is 13.8. The molecule has 0 aliphatic carbocycles. The van der Waals surface area contributed by atoms with Crippen molar-refractivity contribution in [3.8, 4) is 16.3 Å². The number of aliphatic carboxylic acids is 1. The summed E-state index contributed by atoms with van der Waals surface area (Å²) in [7, 11) is 1.59. The standard InChI is InChI=1S/C17H20N2O4S/c1-4-10(2)14(17(21)22)19-15(20)13-9-24-16(18-13)11-5-7-12(23-3)8-6-11/h5-10,14H,4H2,1-3H3,(H,19,20)(H,21,22). The van der Waals surface area contributed by atoms with Crippen LogP contribution >= 0.6 is 11.3 Å². The number of thiazole rings is 1. The first-order valence-electron chi connectivity index (χ1n) is 7.59. The fourth-order valence-electron chi connectivity index (χ4n) is 2.14. The summed E-state index contributed by atoms with van der Waals surface area (Å²) in [5.41, 5.74) is 1.09. The van der Waals surface area contributed by atoms with Crippen LogP contribution in [0.5, 0.6) is 5.75 Å². The van der Waals surface area contributed by atoms with E-state index in [-0.39, 0.29) is 11.6 Å². The van der Waals surface area contributed by atoms with Crippen LogP contribution in [0, 0.1) is 5.92 Å². The predicted molar refractivity (Wildman–Crippen MR) is 92.4 cm³/mol. The first-order valence-corrected chi connectivity index (χ1v) is 8.47. The molecule has 6 nitrogen and oxygen atoms in total. The molecular weight excluding hydrogens is 328 g/mol. The van der Waals surface area contributed by atoms with Gasteiger partial charge in [0.25, 0.3) is 5.91 Å². The number of carboxylic acids is 1. The van der Waals surface area contributed by atoms with Gasteiger partial charge < -0.3 is 15.2 Å². The Kier molecular flexibility index (Phi) is 5.92. The van der Waals surface area contributed by atoms with Gasteiger partial charge in [0.15, 0.2) is 0 Å². The lowest BCUT2D eigenvalue weighted by molar-refractivity contribution is -0.140. The van der Waals surface area contributed by atoms with E-state index in [1.54, 1.807) is 19.4 Å². The van der Waals surface area contributed by atoms with Crippen LogP contribution < -0.4 is 10.1 Å². The molecule has 0 saturated heterocycles. The second-order valence-electron chi connectivity index (χ2n) is 5.44. The molecule has 0 aliphatic heterocycles. The molecule has 1 aromatic heterocycles. The Hall–Kier alpha value is -2.41. The van der Waals surface area contributed by atoms with Crippen molar-refractivity contribution in [2.24, 2.45) is 5.92 Å². The van der Waals surface area contributed by atoms with Gasteiger partial charge in [0.05, 0.1) is 7.11 Å². The van der Waals surface area contributed by atoms with Crippen LogP contribution in [0.4, 0.5) is 0 Å². The summed E-state index contributed by atoms with van der Waals surface area (Å²) in [5, 5.41) is 14.1. The van der Waals surface area contributed by atoms with Crippen LogP contribution in [0.15, 0.2) is 29.6 Å². The molecule has 2 aromatic rings. The van der Waals surface area contributed by atoms with Gasteiger partial charge in [-0.1, -0.05) is 20.3 Å². The third-order valence-corrected chi connectivity index (χ3v) is 4.73. The Balaban J connectivity index is 2.13. The highest BCUT2D eigenvalue weighted by atomic mass is 32.1. The van der Waals surface area contributed by atoms with Crippen molar-refractivity contribution < 1.29 is 19.4 Å². The van der Waals surface area contributed by atoms with Gasteiger partial charge in [-0.25, -0.2) is 9.78 Å². The van der Waals surface area contributed by atoms with Gasteiger partial charge in [0, 0.05) is 10.9 Å². The van der Waals surface area contributed by atoms with E-state index >= 15 is 0 Å². The maximum absolute atomic E-state index is 12.3. The third kappa shape index (κ3) is 4.11. The van der Waals surface area contributed by atoms with Gasteiger partial charge in [0.2, 0.25) is 0 Å². The molecule has 0 radical (unpaired) electrons. The fourth-order valence-corrected chi connectivity index (χ4v) is 2.95. The topological polar surface area (TPSA) is 88.5 Å². The lowest BCUT2D eigenvalue weighted by Gasteiger charge is -2.19. The molecule has 2 unspecified atom stereocenters. The van der Waals surface area contributed by atoms with Crippen molar-refractivity contribution in [1.82, 2.24) is 10.3 Å². The second-order valence-corrected chi connectivity index (χ2v) is 6.30. The summed E-state index contributed by atoms with van der Waals surface area (Å²) in [5.74, 6) is -0.931. The Morgan fingerprint density at radius 2 is 2.00 bits per heavy atom. The highest BCUT2D eigenvalue weighted by molar-refractivity contribution is 7.13. The zero-order valence-corrected chi connectivity index (χ0v) is 14.6. The molecule has 2 N–H and O–H groups in total. The Labute approximate surface area is 144 Å². The molecule has 1 heterocycles. The first-order chi connectivity index (χ1) is 11.5. The Morgan fingerprint density at radius 3 is 2.54 bits per heavy atom. The molecule has 0 aliphatic rings. The van der Waals surface area contributed by atoms with Crippen LogP contribution in [-0.2, 0) is 4.79 Å². The SMILES string of the molecule is CCC(C)C(NC(=O)c1csc(-c2ccc(OC)cc2)n1)C(=O)O. The molecule has 0 spiro atoms. The zero-order chi connectivity index (χ0) is 17.7. The third-order valence-electron chi connectivity index (χ3n) is 3.84.